The van der Waals surface area contributed by atoms with Crippen LogP contribution >= 0.6 is 11.6 Å². The average molecular weight is 357 g/mol. The molecule has 1 aromatic carbocycles. The van der Waals surface area contributed by atoms with E-state index in [1.807, 2.05) is 13.0 Å². The van der Waals surface area contributed by atoms with Gasteiger partial charge in [-0.25, -0.2) is 0 Å². The van der Waals surface area contributed by atoms with Crippen molar-refractivity contribution in [2.24, 2.45) is 11.1 Å². The summed E-state index contributed by atoms with van der Waals surface area (Å²) in [6.45, 7) is 4.16. The minimum Gasteiger partial charge on any atom is -0.493 e. The molecule has 1 amide bonds. The second kappa shape index (κ2) is 8.55. The number of halogens is 1. The van der Waals surface area contributed by atoms with E-state index >= 15 is 0 Å². The van der Waals surface area contributed by atoms with Crippen LogP contribution in [-0.2, 0) is 16.1 Å². The van der Waals surface area contributed by atoms with Crippen molar-refractivity contribution in [3.8, 4) is 11.5 Å². The lowest BCUT2D eigenvalue weighted by Gasteiger charge is -2.34. The highest BCUT2D eigenvalue weighted by atomic mass is 35.5. The molecule has 0 aromatic heterocycles. The van der Waals surface area contributed by atoms with Gasteiger partial charge in [-0.2, -0.15) is 0 Å². The Morgan fingerprint density at radius 2 is 2.12 bits per heavy atom. The Morgan fingerprint density at radius 3 is 2.71 bits per heavy atom. The molecule has 24 heavy (non-hydrogen) atoms. The highest BCUT2D eigenvalue weighted by Gasteiger charge is 2.38. The first kappa shape index (κ1) is 18.8. The zero-order chi connectivity index (χ0) is 17.6. The molecule has 1 aromatic rings. The second-order valence-electron chi connectivity index (χ2n) is 5.82. The van der Waals surface area contributed by atoms with Crippen molar-refractivity contribution < 1.29 is 19.0 Å². The van der Waals surface area contributed by atoms with Crippen LogP contribution in [0.2, 0.25) is 5.02 Å². The standard InChI is InChI=1S/C17H25ClN2O4/c1-3-24-15-13(18)8-12(9-14(15)22-2)10-20-16(21)17(11-19)4-6-23-7-5-17/h8-9H,3-7,10-11,19H2,1-2H3,(H,20,21). The summed E-state index contributed by atoms with van der Waals surface area (Å²) in [4.78, 5) is 12.6. The summed E-state index contributed by atoms with van der Waals surface area (Å²) in [6, 6.07) is 3.59. The third-order valence-corrected chi connectivity index (χ3v) is 4.63. The molecule has 6 nitrogen and oxygen atoms in total. The van der Waals surface area contributed by atoms with Crippen LogP contribution in [0.3, 0.4) is 0 Å². The first-order chi connectivity index (χ1) is 11.6. The van der Waals surface area contributed by atoms with Crippen LogP contribution in [0.15, 0.2) is 12.1 Å². The number of nitrogens with two attached hydrogens (primary N) is 1. The Bertz CT molecular complexity index is 574. The predicted molar refractivity (Wildman–Crippen MR) is 92.6 cm³/mol. The lowest BCUT2D eigenvalue weighted by Crippen LogP contribution is -2.48. The molecule has 0 saturated carbocycles. The van der Waals surface area contributed by atoms with Gasteiger partial charge in [0.1, 0.15) is 0 Å². The lowest BCUT2D eigenvalue weighted by atomic mass is 9.79. The van der Waals surface area contributed by atoms with E-state index in [2.05, 4.69) is 5.32 Å². The molecule has 1 saturated heterocycles. The van der Waals surface area contributed by atoms with Crippen LogP contribution in [0.5, 0.6) is 11.5 Å². The van der Waals surface area contributed by atoms with Gasteiger partial charge in [-0.05, 0) is 37.5 Å². The lowest BCUT2D eigenvalue weighted by molar-refractivity contribution is -0.136. The van der Waals surface area contributed by atoms with Gasteiger partial charge in [-0.15, -0.1) is 0 Å². The zero-order valence-corrected chi connectivity index (χ0v) is 14.9. The summed E-state index contributed by atoms with van der Waals surface area (Å²) in [5.41, 5.74) is 6.15. The van der Waals surface area contributed by atoms with Gasteiger partial charge in [-0.1, -0.05) is 11.6 Å². The van der Waals surface area contributed by atoms with Crippen LogP contribution in [0.4, 0.5) is 0 Å². The van der Waals surface area contributed by atoms with E-state index in [1.54, 1.807) is 13.2 Å². The maximum Gasteiger partial charge on any atom is 0.227 e. The van der Waals surface area contributed by atoms with E-state index in [4.69, 9.17) is 31.5 Å². The molecule has 0 aliphatic carbocycles. The minimum absolute atomic E-state index is 0.0442. The number of carbonyl (C=O) groups excluding carboxylic acids is 1. The first-order valence-corrected chi connectivity index (χ1v) is 8.49. The molecular formula is C17H25ClN2O4. The van der Waals surface area contributed by atoms with Gasteiger partial charge >= 0.3 is 0 Å². The molecular weight excluding hydrogens is 332 g/mol. The minimum atomic E-state index is -0.544. The molecule has 1 aliphatic heterocycles. The van der Waals surface area contributed by atoms with Crippen molar-refractivity contribution >= 4 is 17.5 Å². The molecule has 1 fully saturated rings. The van der Waals surface area contributed by atoms with E-state index in [1.165, 1.54) is 0 Å². The van der Waals surface area contributed by atoms with Gasteiger partial charge in [0.15, 0.2) is 11.5 Å². The third-order valence-electron chi connectivity index (χ3n) is 4.35. The molecule has 2 rings (SSSR count). The number of methoxy groups -OCH3 is 1. The van der Waals surface area contributed by atoms with E-state index < -0.39 is 5.41 Å². The molecule has 1 aliphatic rings. The SMILES string of the molecule is CCOc1c(Cl)cc(CNC(=O)C2(CN)CCOCC2)cc1OC. The summed E-state index contributed by atoms with van der Waals surface area (Å²) in [6.07, 6.45) is 1.28. The number of ether oxygens (including phenoxy) is 3. The number of nitrogens with one attached hydrogen (secondary N) is 1. The number of amides is 1. The number of carbonyl (C=O) groups is 1. The highest BCUT2D eigenvalue weighted by molar-refractivity contribution is 6.32. The summed E-state index contributed by atoms with van der Waals surface area (Å²) in [5.74, 6) is 1.02. The Kier molecular flexibility index (Phi) is 6.71. The van der Waals surface area contributed by atoms with Gasteiger partial charge < -0.3 is 25.3 Å². The quantitative estimate of drug-likeness (QED) is 0.782. The highest BCUT2D eigenvalue weighted by Crippen LogP contribution is 2.36. The molecule has 0 atom stereocenters. The summed E-state index contributed by atoms with van der Waals surface area (Å²) in [7, 11) is 1.56. The van der Waals surface area contributed by atoms with E-state index in [0.29, 0.717) is 62.3 Å². The van der Waals surface area contributed by atoms with Gasteiger partial charge in [0, 0.05) is 26.3 Å². The molecule has 3 N–H and O–H groups in total. The Hall–Kier alpha value is -1.50. The molecule has 0 radical (unpaired) electrons. The fourth-order valence-electron chi connectivity index (χ4n) is 2.82. The average Bonchev–Trinajstić information content (AvgIpc) is 2.62. The topological polar surface area (TPSA) is 82.8 Å². The molecule has 7 heteroatoms. The monoisotopic (exact) mass is 356 g/mol. The maximum absolute atomic E-state index is 12.6. The van der Waals surface area contributed by atoms with Gasteiger partial charge in [0.2, 0.25) is 5.91 Å². The van der Waals surface area contributed by atoms with Crippen molar-refractivity contribution in [2.75, 3.05) is 33.5 Å². The van der Waals surface area contributed by atoms with Crippen LogP contribution < -0.4 is 20.5 Å². The fraction of sp³-hybridized carbons (Fsp3) is 0.588. The van der Waals surface area contributed by atoms with E-state index in [-0.39, 0.29) is 5.91 Å². The molecule has 0 unspecified atom stereocenters. The van der Waals surface area contributed by atoms with Crippen molar-refractivity contribution in [3.05, 3.63) is 22.7 Å². The van der Waals surface area contributed by atoms with Crippen LogP contribution in [-0.4, -0.2) is 39.4 Å². The maximum atomic E-state index is 12.6. The molecule has 0 spiro atoms. The van der Waals surface area contributed by atoms with Gasteiger partial charge in [0.25, 0.3) is 0 Å². The van der Waals surface area contributed by atoms with E-state index in [9.17, 15) is 4.79 Å². The Labute approximate surface area is 147 Å². The summed E-state index contributed by atoms with van der Waals surface area (Å²) in [5, 5.41) is 3.42. The number of hydrogen-bond acceptors (Lipinski definition) is 5. The van der Waals surface area contributed by atoms with Crippen molar-refractivity contribution in [1.82, 2.24) is 5.32 Å². The van der Waals surface area contributed by atoms with Crippen molar-refractivity contribution in [1.29, 1.82) is 0 Å². The van der Waals surface area contributed by atoms with Gasteiger partial charge in [0.05, 0.1) is 24.2 Å². The van der Waals surface area contributed by atoms with Crippen molar-refractivity contribution in [2.45, 2.75) is 26.3 Å². The van der Waals surface area contributed by atoms with Crippen LogP contribution in [0.1, 0.15) is 25.3 Å². The largest absolute Gasteiger partial charge is 0.493 e. The fourth-order valence-corrected chi connectivity index (χ4v) is 3.10. The summed E-state index contributed by atoms with van der Waals surface area (Å²) >= 11 is 6.26. The normalized spacial score (nSPS) is 16.5. The predicted octanol–water partition coefficient (Wildman–Crippen LogP) is 2.12. The smallest absolute Gasteiger partial charge is 0.227 e. The summed E-state index contributed by atoms with van der Waals surface area (Å²) < 4.78 is 16.2. The van der Waals surface area contributed by atoms with Crippen LogP contribution in [0, 0.1) is 5.41 Å². The number of benzene rings is 1. The second-order valence-corrected chi connectivity index (χ2v) is 6.23. The first-order valence-electron chi connectivity index (χ1n) is 8.11. The van der Waals surface area contributed by atoms with Crippen molar-refractivity contribution in [3.63, 3.8) is 0 Å². The van der Waals surface area contributed by atoms with E-state index in [0.717, 1.165) is 5.56 Å². The zero-order valence-electron chi connectivity index (χ0n) is 14.2. The van der Waals surface area contributed by atoms with Gasteiger partial charge in [-0.3, -0.25) is 4.79 Å². The Balaban J connectivity index is 2.08. The molecule has 1 heterocycles. The number of hydrogen-bond donors (Lipinski definition) is 2. The molecule has 134 valence electrons. The van der Waals surface area contributed by atoms with Crippen LogP contribution in [0.25, 0.3) is 0 Å². The number of rotatable bonds is 7. The third kappa shape index (κ3) is 4.12. The Morgan fingerprint density at radius 1 is 1.42 bits per heavy atom. The molecule has 0 bridgehead atoms.